The van der Waals surface area contributed by atoms with E-state index < -0.39 is 10.0 Å². The second kappa shape index (κ2) is 7.59. The topological polar surface area (TPSA) is 49.7 Å². The number of hydrogen-bond donors (Lipinski definition) is 0. The van der Waals surface area contributed by atoms with Crippen LogP contribution in [0.2, 0.25) is 0 Å². The predicted molar refractivity (Wildman–Crippen MR) is 100 cm³/mol. The summed E-state index contributed by atoms with van der Waals surface area (Å²) in [6.45, 7) is 1.23. The molecule has 4 nitrogen and oxygen atoms in total. The molecule has 126 valence electrons. The highest BCUT2D eigenvalue weighted by molar-refractivity contribution is 9.10. The Balaban J connectivity index is 1.74. The lowest BCUT2D eigenvalue weighted by Crippen LogP contribution is -2.35. The summed E-state index contributed by atoms with van der Waals surface area (Å²) in [6.07, 6.45) is 4.75. The van der Waals surface area contributed by atoms with Crippen LogP contribution >= 0.6 is 15.9 Å². The van der Waals surface area contributed by atoms with Crippen LogP contribution in [0.15, 0.2) is 62.9 Å². The van der Waals surface area contributed by atoms with Gasteiger partial charge in [0.1, 0.15) is 0 Å². The Hall–Kier alpha value is -1.50. The molecule has 0 radical (unpaired) electrons. The molecular formula is C18H19BrN2O2S. The van der Waals surface area contributed by atoms with Gasteiger partial charge in [-0.1, -0.05) is 34.5 Å². The van der Waals surface area contributed by atoms with E-state index in [0.717, 1.165) is 35.0 Å². The van der Waals surface area contributed by atoms with Gasteiger partial charge in [0, 0.05) is 23.8 Å². The van der Waals surface area contributed by atoms with Crippen molar-refractivity contribution in [1.82, 2.24) is 4.31 Å². The molecule has 0 bridgehead atoms. The van der Waals surface area contributed by atoms with Gasteiger partial charge in [0.2, 0.25) is 10.0 Å². The number of piperidine rings is 1. The number of nitrogens with zero attached hydrogens (tertiary/aromatic N) is 2. The smallest absolute Gasteiger partial charge is 0.243 e. The van der Waals surface area contributed by atoms with Crippen LogP contribution < -0.4 is 0 Å². The highest BCUT2D eigenvalue weighted by Gasteiger charge is 2.25. The van der Waals surface area contributed by atoms with Crippen LogP contribution in [0.1, 0.15) is 24.8 Å². The van der Waals surface area contributed by atoms with E-state index in [1.807, 2.05) is 24.3 Å². The van der Waals surface area contributed by atoms with Crippen molar-refractivity contribution in [3.8, 4) is 0 Å². The quantitative estimate of drug-likeness (QED) is 0.707. The number of benzene rings is 2. The summed E-state index contributed by atoms with van der Waals surface area (Å²) in [4.78, 5) is 4.73. The fraction of sp³-hybridized carbons (Fsp3) is 0.278. The molecule has 1 aliphatic heterocycles. The molecule has 0 spiro atoms. The molecule has 2 aromatic carbocycles. The zero-order valence-electron chi connectivity index (χ0n) is 13.2. The van der Waals surface area contributed by atoms with E-state index in [-0.39, 0.29) is 0 Å². The molecule has 0 saturated carbocycles. The van der Waals surface area contributed by atoms with Crippen molar-refractivity contribution >= 4 is 37.9 Å². The van der Waals surface area contributed by atoms with Crippen molar-refractivity contribution in [2.75, 3.05) is 13.1 Å². The Morgan fingerprint density at radius 3 is 2.17 bits per heavy atom. The van der Waals surface area contributed by atoms with Crippen LogP contribution in [-0.2, 0) is 10.0 Å². The molecule has 0 unspecified atom stereocenters. The van der Waals surface area contributed by atoms with Gasteiger partial charge in [0.25, 0.3) is 0 Å². The normalized spacial score (nSPS) is 16.5. The van der Waals surface area contributed by atoms with Gasteiger partial charge in [-0.25, -0.2) is 8.42 Å². The fourth-order valence-corrected chi connectivity index (χ4v) is 4.44. The van der Waals surface area contributed by atoms with E-state index in [9.17, 15) is 8.42 Å². The van der Waals surface area contributed by atoms with Gasteiger partial charge >= 0.3 is 0 Å². The number of halogens is 1. The predicted octanol–water partition coefficient (Wildman–Crippen LogP) is 4.37. The standard InChI is InChI=1S/C18H19BrN2O2S/c19-16-6-4-15(5-7-16)14-20-17-8-10-18(11-9-17)24(22,23)21-12-2-1-3-13-21/h4-11,14H,1-3,12-13H2. The SMILES string of the molecule is O=S(=O)(c1ccc(N=Cc2ccc(Br)cc2)cc1)N1CCCCC1. The van der Waals surface area contributed by atoms with E-state index in [1.54, 1.807) is 34.8 Å². The first kappa shape index (κ1) is 17.3. The van der Waals surface area contributed by atoms with Crippen LogP contribution in [0.4, 0.5) is 5.69 Å². The van der Waals surface area contributed by atoms with Crippen molar-refractivity contribution < 1.29 is 8.42 Å². The molecular weight excluding hydrogens is 388 g/mol. The van der Waals surface area contributed by atoms with Crippen molar-refractivity contribution in [1.29, 1.82) is 0 Å². The zero-order valence-corrected chi connectivity index (χ0v) is 15.6. The van der Waals surface area contributed by atoms with Crippen LogP contribution in [0.3, 0.4) is 0 Å². The maximum Gasteiger partial charge on any atom is 0.243 e. The van der Waals surface area contributed by atoms with E-state index >= 15 is 0 Å². The summed E-state index contributed by atoms with van der Waals surface area (Å²) in [5.74, 6) is 0. The Kier molecular flexibility index (Phi) is 5.48. The highest BCUT2D eigenvalue weighted by Crippen LogP contribution is 2.23. The molecule has 6 heteroatoms. The first-order chi connectivity index (χ1) is 11.6. The van der Waals surface area contributed by atoms with Gasteiger partial charge in [0.15, 0.2) is 0 Å². The van der Waals surface area contributed by atoms with Gasteiger partial charge in [-0.05, 0) is 54.8 Å². The molecule has 0 aromatic heterocycles. The molecule has 1 heterocycles. The Morgan fingerprint density at radius 1 is 0.917 bits per heavy atom. The first-order valence-corrected chi connectivity index (χ1v) is 10.2. The minimum Gasteiger partial charge on any atom is -0.256 e. The molecule has 1 aliphatic rings. The van der Waals surface area contributed by atoms with Crippen molar-refractivity contribution in [2.45, 2.75) is 24.2 Å². The second-order valence-corrected chi connectivity index (χ2v) is 8.62. The highest BCUT2D eigenvalue weighted by atomic mass is 79.9. The van der Waals surface area contributed by atoms with Crippen LogP contribution in [0.25, 0.3) is 0 Å². The van der Waals surface area contributed by atoms with E-state index in [4.69, 9.17) is 0 Å². The summed E-state index contributed by atoms with van der Waals surface area (Å²) in [5, 5.41) is 0. The maximum absolute atomic E-state index is 12.6. The first-order valence-electron chi connectivity index (χ1n) is 7.95. The molecule has 1 fully saturated rings. The third kappa shape index (κ3) is 4.12. The Bertz CT molecular complexity index is 809. The summed E-state index contributed by atoms with van der Waals surface area (Å²) in [5.41, 5.74) is 1.72. The molecule has 0 N–H and O–H groups in total. The van der Waals surface area contributed by atoms with E-state index in [2.05, 4.69) is 20.9 Å². The average Bonchev–Trinajstić information content (AvgIpc) is 2.62. The van der Waals surface area contributed by atoms with Gasteiger partial charge < -0.3 is 0 Å². The van der Waals surface area contributed by atoms with Crippen LogP contribution in [-0.4, -0.2) is 32.0 Å². The van der Waals surface area contributed by atoms with Crippen molar-refractivity contribution in [2.24, 2.45) is 4.99 Å². The van der Waals surface area contributed by atoms with Gasteiger partial charge in [0.05, 0.1) is 10.6 Å². The maximum atomic E-state index is 12.6. The molecule has 0 aliphatic carbocycles. The summed E-state index contributed by atoms with van der Waals surface area (Å²) in [7, 11) is -3.37. The van der Waals surface area contributed by atoms with E-state index in [0.29, 0.717) is 18.0 Å². The molecule has 0 amide bonds. The summed E-state index contributed by atoms with van der Waals surface area (Å²) < 4.78 is 27.8. The minimum atomic E-state index is -3.37. The molecule has 1 saturated heterocycles. The lowest BCUT2D eigenvalue weighted by molar-refractivity contribution is 0.346. The lowest BCUT2D eigenvalue weighted by Gasteiger charge is -2.25. The Labute approximate surface area is 151 Å². The van der Waals surface area contributed by atoms with Gasteiger partial charge in [-0.3, -0.25) is 4.99 Å². The van der Waals surface area contributed by atoms with E-state index in [1.165, 1.54) is 0 Å². The van der Waals surface area contributed by atoms with Crippen molar-refractivity contribution in [3.63, 3.8) is 0 Å². The number of aliphatic imine (C=N–C) groups is 1. The summed E-state index contributed by atoms with van der Waals surface area (Å²) in [6, 6.07) is 14.6. The lowest BCUT2D eigenvalue weighted by atomic mass is 10.2. The molecule has 0 atom stereocenters. The molecule has 2 aromatic rings. The van der Waals surface area contributed by atoms with Crippen molar-refractivity contribution in [3.05, 3.63) is 58.6 Å². The van der Waals surface area contributed by atoms with Gasteiger partial charge in [-0.15, -0.1) is 0 Å². The second-order valence-electron chi connectivity index (χ2n) is 5.77. The zero-order chi connectivity index (χ0) is 17.0. The fourth-order valence-electron chi connectivity index (χ4n) is 2.66. The average molecular weight is 407 g/mol. The number of sulfonamides is 1. The van der Waals surface area contributed by atoms with Crippen LogP contribution in [0.5, 0.6) is 0 Å². The number of rotatable bonds is 4. The number of hydrogen-bond acceptors (Lipinski definition) is 3. The molecule has 24 heavy (non-hydrogen) atoms. The largest absolute Gasteiger partial charge is 0.256 e. The van der Waals surface area contributed by atoms with Crippen LogP contribution in [0, 0.1) is 0 Å². The third-order valence-corrected chi connectivity index (χ3v) is 6.46. The van der Waals surface area contributed by atoms with Gasteiger partial charge in [-0.2, -0.15) is 4.31 Å². The third-order valence-electron chi connectivity index (χ3n) is 4.02. The molecule has 3 rings (SSSR count). The Morgan fingerprint density at radius 2 is 1.54 bits per heavy atom. The summed E-state index contributed by atoms with van der Waals surface area (Å²) >= 11 is 3.40. The monoisotopic (exact) mass is 406 g/mol. The minimum absolute atomic E-state index is 0.340.